The van der Waals surface area contributed by atoms with E-state index in [1.54, 1.807) is 6.20 Å². The average Bonchev–Trinajstić information content (AvgIpc) is 3.34. The van der Waals surface area contributed by atoms with Crippen LogP contribution in [0.5, 0.6) is 0 Å². The van der Waals surface area contributed by atoms with Crippen LogP contribution in [0.1, 0.15) is 37.2 Å². The zero-order valence-electron chi connectivity index (χ0n) is 13.7. The molecule has 6 heteroatoms. The van der Waals surface area contributed by atoms with Crippen LogP contribution < -0.4 is 0 Å². The number of piperidine rings is 1. The predicted molar refractivity (Wildman–Crippen MR) is 88.3 cm³/mol. The Labute approximate surface area is 140 Å². The quantitative estimate of drug-likeness (QED) is 0.693. The molecule has 0 radical (unpaired) electrons. The Balaban J connectivity index is 1.46. The van der Waals surface area contributed by atoms with Crippen LogP contribution >= 0.6 is 0 Å². The van der Waals surface area contributed by atoms with E-state index < -0.39 is 5.41 Å². The van der Waals surface area contributed by atoms with Crippen LogP contribution in [0.3, 0.4) is 0 Å². The normalized spacial score (nSPS) is 20.1. The topological polar surface area (TPSA) is 75.3 Å². The Bertz CT molecular complexity index is 786. The number of methoxy groups -OCH3 is 1. The fourth-order valence-electron chi connectivity index (χ4n) is 3.84. The van der Waals surface area contributed by atoms with Crippen LogP contribution in [0.15, 0.2) is 24.5 Å². The van der Waals surface area contributed by atoms with E-state index in [9.17, 15) is 9.59 Å². The Morgan fingerprint density at radius 1 is 1.33 bits per heavy atom. The molecule has 4 rings (SSSR count). The number of aromatic amines is 1. The number of fused-ring (bicyclic) bond motifs is 1. The summed E-state index contributed by atoms with van der Waals surface area (Å²) >= 11 is 0. The summed E-state index contributed by atoms with van der Waals surface area (Å²) < 4.78 is 4.82. The number of hydrogen-bond acceptors (Lipinski definition) is 4. The average molecular weight is 327 g/mol. The fraction of sp³-hybridized carbons (Fsp3) is 0.500. The van der Waals surface area contributed by atoms with Crippen LogP contribution in [0.2, 0.25) is 0 Å². The molecule has 1 aliphatic carbocycles. The van der Waals surface area contributed by atoms with Gasteiger partial charge in [-0.2, -0.15) is 0 Å². The Morgan fingerprint density at radius 3 is 2.75 bits per heavy atom. The summed E-state index contributed by atoms with van der Waals surface area (Å²) in [6, 6.07) is 4.04. The SMILES string of the molecule is COC(=O)C1(C(=O)N2CCC(c3c[nH]c4ncccc34)CC2)CC1. The molecule has 1 amide bonds. The molecule has 0 unspecified atom stereocenters. The first-order chi connectivity index (χ1) is 11.7. The number of ether oxygens (including phenoxy) is 1. The Hall–Kier alpha value is -2.37. The van der Waals surface area contributed by atoms with Gasteiger partial charge in [-0.25, -0.2) is 4.98 Å². The number of carbonyl (C=O) groups is 2. The van der Waals surface area contributed by atoms with Crippen LogP contribution in [-0.4, -0.2) is 46.9 Å². The van der Waals surface area contributed by atoms with E-state index >= 15 is 0 Å². The fourth-order valence-corrected chi connectivity index (χ4v) is 3.84. The second-order valence-electron chi connectivity index (χ2n) is 6.78. The summed E-state index contributed by atoms with van der Waals surface area (Å²) in [4.78, 5) is 34.0. The van der Waals surface area contributed by atoms with Gasteiger partial charge < -0.3 is 14.6 Å². The lowest BCUT2D eigenvalue weighted by molar-refractivity contribution is -0.156. The van der Waals surface area contributed by atoms with Crippen molar-refractivity contribution < 1.29 is 14.3 Å². The van der Waals surface area contributed by atoms with Crippen molar-refractivity contribution in [1.29, 1.82) is 0 Å². The highest BCUT2D eigenvalue weighted by molar-refractivity contribution is 6.05. The number of aromatic nitrogens is 2. The number of amides is 1. The molecule has 1 saturated heterocycles. The molecule has 1 aliphatic heterocycles. The molecule has 6 nitrogen and oxygen atoms in total. The van der Waals surface area contributed by atoms with E-state index in [2.05, 4.69) is 16.0 Å². The summed E-state index contributed by atoms with van der Waals surface area (Å²) in [6.07, 6.45) is 6.87. The third-order valence-corrected chi connectivity index (χ3v) is 5.44. The van der Waals surface area contributed by atoms with Gasteiger partial charge >= 0.3 is 5.97 Å². The van der Waals surface area contributed by atoms with Crippen molar-refractivity contribution in [3.8, 4) is 0 Å². The van der Waals surface area contributed by atoms with Gasteiger partial charge in [-0.1, -0.05) is 0 Å². The summed E-state index contributed by atoms with van der Waals surface area (Å²) in [6.45, 7) is 1.38. The van der Waals surface area contributed by atoms with Gasteiger partial charge in [0.25, 0.3) is 0 Å². The number of pyridine rings is 1. The van der Waals surface area contributed by atoms with Crippen molar-refractivity contribution in [2.24, 2.45) is 5.41 Å². The molecule has 2 aromatic heterocycles. The highest BCUT2D eigenvalue weighted by atomic mass is 16.5. The van der Waals surface area contributed by atoms with E-state index in [0.29, 0.717) is 31.8 Å². The van der Waals surface area contributed by atoms with E-state index in [-0.39, 0.29) is 11.9 Å². The van der Waals surface area contributed by atoms with Crippen LogP contribution in [-0.2, 0) is 14.3 Å². The minimum atomic E-state index is -0.883. The lowest BCUT2D eigenvalue weighted by Crippen LogP contribution is -2.45. The van der Waals surface area contributed by atoms with Crippen molar-refractivity contribution >= 4 is 22.9 Å². The molecule has 126 valence electrons. The van der Waals surface area contributed by atoms with Crippen LogP contribution in [0, 0.1) is 5.41 Å². The van der Waals surface area contributed by atoms with Crippen molar-refractivity contribution in [2.75, 3.05) is 20.2 Å². The largest absolute Gasteiger partial charge is 0.468 e. The molecule has 0 spiro atoms. The smallest absolute Gasteiger partial charge is 0.321 e. The standard InChI is InChI=1S/C18H21N3O3/c1-24-17(23)18(6-7-18)16(22)21-9-4-12(5-10-21)14-11-20-15-13(14)3-2-8-19-15/h2-3,8,11-12H,4-7,9-10H2,1H3,(H,19,20). The second-order valence-corrected chi connectivity index (χ2v) is 6.78. The van der Waals surface area contributed by atoms with Gasteiger partial charge in [0.1, 0.15) is 11.1 Å². The highest BCUT2D eigenvalue weighted by Crippen LogP contribution is 2.49. The van der Waals surface area contributed by atoms with Crippen LogP contribution in [0.4, 0.5) is 0 Å². The van der Waals surface area contributed by atoms with Gasteiger partial charge in [-0.05, 0) is 49.3 Å². The highest BCUT2D eigenvalue weighted by Gasteiger charge is 2.59. The van der Waals surface area contributed by atoms with E-state index in [0.717, 1.165) is 23.9 Å². The minimum Gasteiger partial charge on any atom is -0.468 e. The second kappa shape index (κ2) is 5.61. The van der Waals surface area contributed by atoms with E-state index in [1.807, 2.05) is 17.2 Å². The zero-order valence-corrected chi connectivity index (χ0v) is 13.7. The van der Waals surface area contributed by atoms with Crippen molar-refractivity contribution in [3.63, 3.8) is 0 Å². The molecule has 0 aromatic carbocycles. The maximum Gasteiger partial charge on any atom is 0.321 e. The maximum absolute atomic E-state index is 12.7. The Morgan fingerprint density at radius 2 is 2.08 bits per heavy atom. The summed E-state index contributed by atoms with van der Waals surface area (Å²) in [5.41, 5.74) is 1.31. The van der Waals surface area contributed by atoms with Crippen molar-refractivity contribution in [1.82, 2.24) is 14.9 Å². The van der Waals surface area contributed by atoms with Gasteiger partial charge in [-0.3, -0.25) is 9.59 Å². The zero-order chi connectivity index (χ0) is 16.7. The molecular formula is C18H21N3O3. The monoisotopic (exact) mass is 327 g/mol. The summed E-state index contributed by atoms with van der Waals surface area (Å²) in [5.74, 6) is -0.00833. The van der Waals surface area contributed by atoms with E-state index in [1.165, 1.54) is 12.7 Å². The minimum absolute atomic E-state index is 0.0478. The predicted octanol–water partition coefficient (Wildman–Crippen LogP) is 2.22. The van der Waals surface area contributed by atoms with Gasteiger partial charge in [-0.15, -0.1) is 0 Å². The number of nitrogens with one attached hydrogen (secondary N) is 1. The van der Waals surface area contributed by atoms with Gasteiger partial charge in [0.05, 0.1) is 7.11 Å². The molecule has 1 saturated carbocycles. The maximum atomic E-state index is 12.7. The van der Waals surface area contributed by atoms with E-state index in [4.69, 9.17) is 4.74 Å². The lowest BCUT2D eigenvalue weighted by atomic mass is 9.89. The van der Waals surface area contributed by atoms with Gasteiger partial charge in [0.2, 0.25) is 5.91 Å². The first kappa shape index (κ1) is 15.2. The number of hydrogen-bond donors (Lipinski definition) is 1. The Kier molecular flexibility index (Phi) is 3.55. The number of esters is 1. The summed E-state index contributed by atoms with van der Waals surface area (Å²) in [5, 5.41) is 1.16. The molecule has 2 aromatic rings. The number of carbonyl (C=O) groups excluding carboxylic acids is 2. The molecule has 2 aliphatic rings. The molecular weight excluding hydrogens is 306 g/mol. The number of rotatable bonds is 3. The molecule has 3 heterocycles. The first-order valence-electron chi connectivity index (χ1n) is 8.45. The molecule has 24 heavy (non-hydrogen) atoms. The molecule has 0 atom stereocenters. The van der Waals surface area contributed by atoms with Gasteiger partial charge in [0, 0.05) is 30.9 Å². The summed E-state index contributed by atoms with van der Waals surface area (Å²) in [7, 11) is 1.35. The van der Waals surface area contributed by atoms with Gasteiger partial charge in [0.15, 0.2) is 0 Å². The van der Waals surface area contributed by atoms with Crippen molar-refractivity contribution in [2.45, 2.75) is 31.6 Å². The van der Waals surface area contributed by atoms with Crippen LogP contribution in [0.25, 0.3) is 11.0 Å². The van der Waals surface area contributed by atoms with Crippen molar-refractivity contribution in [3.05, 3.63) is 30.1 Å². The molecule has 0 bridgehead atoms. The number of H-pyrrole nitrogens is 1. The lowest BCUT2D eigenvalue weighted by Gasteiger charge is -2.33. The number of likely N-dealkylation sites (tertiary alicyclic amines) is 1. The third kappa shape index (κ3) is 2.28. The third-order valence-electron chi connectivity index (χ3n) is 5.44. The first-order valence-corrected chi connectivity index (χ1v) is 8.45. The molecule has 1 N–H and O–H groups in total. The molecule has 2 fully saturated rings. The number of nitrogens with zero attached hydrogens (tertiary/aromatic N) is 2.